The van der Waals surface area contributed by atoms with Crippen LogP contribution in [0.15, 0.2) is 203 Å². The maximum Gasteiger partial charge on any atom is 0.146 e. The number of nitrogens with one attached hydrogen (secondary N) is 1. The molecule has 64 heavy (non-hydrogen) atoms. The smallest absolute Gasteiger partial charge is 0.146 e. The lowest BCUT2D eigenvalue weighted by Crippen LogP contribution is -2.30. The average Bonchev–Trinajstić information content (AvgIpc) is 3.89. The van der Waals surface area contributed by atoms with Crippen molar-refractivity contribution >= 4 is 75.6 Å². The molecule has 11 aromatic rings. The lowest BCUT2D eigenvalue weighted by atomic mass is 9.81. The Kier molecular flexibility index (Phi) is 7.87. The second kappa shape index (κ2) is 14.0. The van der Waals surface area contributed by atoms with Gasteiger partial charge in [0.05, 0.1) is 11.4 Å². The first-order valence-electron chi connectivity index (χ1n) is 22.4. The molecule has 1 N–H and O–H groups in total. The molecule has 0 fully saturated rings. The van der Waals surface area contributed by atoms with Crippen molar-refractivity contribution in [2.24, 2.45) is 4.99 Å². The maximum absolute atomic E-state index is 6.77. The minimum absolute atomic E-state index is 0.141. The van der Waals surface area contributed by atoms with Gasteiger partial charge in [-0.25, -0.2) is 0 Å². The van der Waals surface area contributed by atoms with E-state index in [2.05, 4.69) is 193 Å². The molecule has 2 aromatic heterocycles. The Morgan fingerprint density at radius 3 is 2.17 bits per heavy atom. The SMILES string of the molecule is c1ccc(-c2ccc(C3=NC(c4cccc5sc6ccccc6c45)NC4=C3Cc3ccc5c(c3)C(CCc3cc6ccccc6cc3-5)c3ccc5oc6ccccc6c5c34)cc2)cc1. The van der Waals surface area contributed by atoms with E-state index < -0.39 is 0 Å². The molecule has 0 radical (unpaired) electrons. The summed E-state index contributed by atoms with van der Waals surface area (Å²) in [7, 11) is 0. The van der Waals surface area contributed by atoms with E-state index in [1.807, 2.05) is 11.3 Å². The molecule has 2 bridgehead atoms. The molecule has 3 aliphatic rings. The highest BCUT2D eigenvalue weighted by Crippen LogP contribution is 2.50. The van der Waals surface area contributed by atoms with E-state index in [1.54, 1.807) is 0 Å². The van der Waals surface area contributed by atoms with Crippen molar-refractivity contribution in [3.63, 3.8) is 0 Å². The molecule has 14 rings (SSSR count). The van der Waals surface area contributed by atoms with Gasteiger partial charge in [0.15, 0.2) is 0 Å². The number of fused-ring (bicyclic) bond motifs is 14. The summed E-state index contributed by atoms with van der Waals surface area (Å²) in [6.07, 6.45) is 2.34. The van der Waals surface area contributed by atoms with Crippen molar-refractivity contribution in [1.29, 1.82) is 0 Å². The van der Waals surface area contributed by atoms with E-state index in [1.165, 1.54) is 92.2 Å². The number of furan rings is 1. The molecule has 0 amide bonds. The largest absolute Gasteiger partial charge is 0.456 e. The Hall–Kier alpha value is -7.53. The Morgan fingerprint density at radius 1 is 0.531 bits per heavy atom. The third kappa shape index (κ3) is 5.49. The van der Waals surface area contributed by atoms with E-state index in [0.717, 1.165) is 58.2 Å². The Morgan fingerprint density at radius 2 is 1.28 bits per heavy atom. The topological polar surface area (TPSA) is 37.5 Å². The molecule has 302 valence electrons. The Labute approximate surface area is 374 Å². The summed E-state index contributed by atoms with van der Waals surface area (Å²) in [4.78, 5) is 5.86. The number of nitrogens with zero attached hydrogens (tertiary/aromatic N) is 1. The molecule has 0 saturated carbocycles. The van der Waals surface area contributed by atoms with Gasteiger partial charge in [0.2, 0.25) is 0 Å². The van der Waals surface area contributed by atoms with Crippen molar-refractivity contribution in [2.75, 3.05) is 0 Å². The normalized spacial score (nSPS) is 16.7. The summed E-state index contributed by atoms with van der Waals surface area (Å²) >= 11 is 1.86. The number of allylic oxidation sites excluding steroid dienone is 1. The highest BCUT2D eigenvalue weighted by molar-refractivity contribution is 7.25. The summed E-state index contributed by atoms with van der Waals surface area (Å²) in [5.41, 5.74) is 19.2. The van der Waals surface area contributed by atoms with Crippen LogP contribution in [0.5, 0.6) is 0 Å². The van der Waals surface area contributed by atoms with Crippen molar-refractivity contribution in [3.05, 3.63) is 233 Å². The van der Waals surface area contributed by atoms with E-state index in [0.29, 0.717) is 0 Å². The van der Waals surface area contributed by atoms with Gasteiger partial charge in [-0.3, -0.25) is 4.99 Å². The first-order chi connectivity index (χ1) is 31.7. The average molecular weight is 837 g/mol. The maximum atomic E-state index is 6.77. The first-order valence-corrected chi connectivity index (χ1v) is 23.2. The van der Waals surface area contributed by atoms with Crippen LogP contribution in [-0.2, 0) is 12.8 Å². The van der Waals surface area contributed by atoms with E-state index in [4.69, 9.17) is 9.41 Å². The lowest BCUT2D eigenvalue weighted by molar-refractivity contribution is 0.659. The summed E-state index contributed by atoms with van der Waals surface area (Å²) < 4.78 is 9.33. The van der Waals surface area contributed by atoms with Gasteiger partial charge < -0.3 is 9.73 Å². The quantitative estimate of drug-likeness (QED) is 0.192. The minimum atomic E-state index is -0.351. The van der Waals surface area contributed by atoms with Gasteiger partial charge in [0.25, 0.3) is 0 Å². The summed E-state index contributed by atoms with van der Waals surface area (Å²) in [6, 6.07) is 69.6. The predicted octanol–water partition coefficient (Wildman–Crippen LogP) is 15.6. The van der Waals surface area contributed by atoms with Crippen LogP contribution in [0.25, 0.3) is 80.8 Å². The number of hydrogen-bond acceptors (Lipinski definition) is 4. The molecule has 2 aliphatic carbocycles. The van der Waals surface area contributed by atoms with Gasteiger partial charge in [0, 0.05) is 65.5 Å². The van der Waals surface area contributed by atoms with Crippen molar-refractivity contribution in [3.8, 4) is 22.3 Å². The molecular weight excluding hydrogens is 797 g/mol. The molecule has 1 aliphatic heterocycles. The van der Waals surface area contributed by atoms with Crippen molar-refractivity contribution in [2.45, 2.75) is 31.3 Å². The van der Waals surface area contributed by atoms with Gasteiger partial charge in [0.1, 0.15) is 17.3 Å². The second-order valence-electron chi connectivity index (χ2n) is 17.7. The monoisotopic (exact) mass is 836 g/mol. The van der Waals surface area contributed by atoms with Crippen LogP contribution >= 0.6 is 11.3 Å². The van der Waals surface area contributed by atoms with Crippen LogP contribution in [0.2, 0.25) is 0 Å². The van der Waals surface area contributed by atoms with Gasteiger partial charge in [-0.15, -0.1) is 11.3 Å². The Balaban J connectivity index is 1.06. The second-order valence-corrected chi connectivity index (χ2v) is 18.8. The number of hydrogen-bond donors (Lipinski definition) is 1. The van der Waals surface area contributed by atoms with E-state index in [9.17, 15) is 0 Å². The van der Waals surface area contributed by atoms with Gasteiger partial charge >= 0.3 is 0 Å². The van der Waals surface area contributed by atoms with Crippen LogP contribution in [0, 0.1) is 0 Å². The zero-order valence-electron chi connectivity index (χ0n) is 34.9. The highest BCUT2D eigenvalue weighted by atomic mass is 32.1. The van der Waals surface area contributed by atoms with Crippen LogP contribution in [0.1, 0.15) is 57.4 Å². The van der Waals surface area contributed by atoms with Gasteiger partial charge in [-0.1, -0.05) is 158 Å². The molecule has 2 atom stereocenters. The molecule has 4 heteroatoms. The number of rotatable bonds is 3. The van der Waals surface area contributed by atoms with E-state index in [-0.39, 0.29) is 12.1 Å². The van der Waals surface area contributed by atoms with Crippen LogP contribution in [0.4, 0.5) is 0 Å². The fourth-order valence-corrected chi connectivity index (χ4v) is 12.4. The zero-order valence-corrected chi connectivity index (χ0v) is 35.8. The molecule has 9 aromatic carbocycles. The van der Waals surface area contributed by atoms with Crippen LogP contribution in [0.3, 0.4) is 0 Å². The number of thiophene rings is 1. The van der Waals surface area contributed by atoms with Crippen LogP contribution < -0.4 is 5.32 Å². The summed E-state index contributed by atoms with van der Waals surface area (Å²) in [5.74, 6) is 0.141. The molecule has 3 nitrogen and oxygen atoms in total. The predicted molar refractivity (Wildman–Crippen MR) is 268 cm³/mol. The Bertz CT molecular complexity index is 3790. The molecule has 0 spiro atoms. The molecule has 3 heterocycles. The van der Waals surface area contributed by atoms with Gasteiger partial charge in [-0.05, 0) is 98.5 Å². The minimum Gasteiger partial charge on any atom is -0.456 e. The lowest BCUT2D eigenvalue weighted by Gasteiger charge is -2.31. The number of aryl methyl sites for hydroxylation is 1. The highest BCUT2D eigenvalue weighted by Gasteiger charge is 2.35. The third-order valence-corrected chi connectivity index (χ3v) is 15.3. The fraction of sp³-hybridized carbons (Fsp3) is 0.0833. The molecule has 0 saturated heterocycles. The number of benzene rings is 9. The molecule has 2 unspecified atom stereocenters. The van der Waals surface area contributed by atoms with E-state index >= 15 is 0 Å². The standard InChI is InChI=1S/C60H40N2OS/c1-2-11-36(12-3-1)37-22-24-38(25-23-37)58-50-32-35-21-27-43-48-34-40-14-5-4-13-39(40)33-41(48)26-28-42(49(43)31-35)44-29-30-52-56(45-15-6-8-18-51(45)63-52)57(44)59(50)62-60(61-58)47-17-10-20-54-55(47)46-16-7-9-19-53(46)64-54/h1-25,27,29-31,33-34,42,60,62H,26,28,32H2. The summed E-state index contributed by atoms with van der Waals surface area (Å²) in [5, 5.41) is 11.7. The summed E-state index contributed by atoms with van der Waals surface area (Å²) in [6.45, 7) is 0. The number of aliphatic imine (C=N–C) groups is 1. The van der Waals surface area contributed by atoms with Crippen LogP contribution in [-0.4, -0.2) is 5.71 Å². The van der Waals surface area contributed by atoms with Gasteiger partial charge in [-0.2, -0.15) is 0 Å². The third-order valence-electron chi connectivity index (χ3n) is 14.2. The first kappa shape index (κ1) is 36.0. The fourth-order valence-electron chi connectivity index (χ4n) is 11.2. The van der Waals surface area contributed by atoms with Crippen molar-refractivity contribution in [1.82, 2.24) is 5.32 Å². The molecular formula is C60H40N2OS. The zero-order chi connectivity index (χ0) is 41.9. The van der Waals surface area contributed by atoms with Crippen molar-refractivity contribution < 1.29 is 4.42 Å². The number of para-hydroxylation sites is 1.